The number of nitrogens with zero attached hydrogens (tertiary/aromatic N) is 1. The van der Waals surface area contributed by atoms with Gasteiger partial charge in [0, 0.05) is 6.54 Å². The van der Waals surface area contributed by atoms with Gasteiger partial charge >= 0.3 is 0 Å². The second-order valence-corrected chi connectivity index (χ2v) is 1.80. The number of nitrogens with one attached hydrogen (secondary N) is 1. The summed E-state index contributed by atoms with van der Waals surface area (Å²) in [6, 6.07) is 2.05. The molecule has 0 radical (unpaired) electrons. The zero-order valence-electron chi connectivity index (χ0n) is 4.65. The number of nitriles is 1. The molecule has 0 aromatic carbocycles. The van der Waals surface area contributed by atoms with Crippen LogP contribution < -0.4 is 5.32 Å². The minimum atomic E-state index is 0.733. The van der Waals surface area contributed by atoms with Gasteiger partial charge in [0.15, 0.2) is 0 Å². The lowest BCUT2D eigenvalue weighted by molar-refractivity contribution is 0.706. The van der Waals surface area contributed by atoms with Gasteiger partial charge in [-0.15, -0.1) is 0 Å². The van der Waals surface area contributed by atoms with E-state index in [0.717, 1.165) is 25.1 Å². The average molecular weight is 108 g/mol. The molecule has 0 aromatic heterocycles. The summed E-state index contributed by atoms with van der Waals surface area (Å²) >= 11 is 0. The number of hydrogen-bond donors (Lipinski definition) is 1. The molecular weight excluding hydrogens is 100 g/mol. The van der Waals surface area contributed by atoms with Crippen LogP contribution in [0.5, 0.6) is 0 Å². The van der Waals surface area contributed by atoms with Crippen LogP contribution in [-0.2, 0) is 0 Å². The molecule has 42 valence electrons. The van der Waals surface area contributed by atoms with Crippen LogP contribution in [0.15, 0.2) is 11.8 Å². The van der Waals surface area contributed by atoms with Crippen molar-refractivity contribution in [3.63, 3.8) is 0 Å². The van der Waals surface area contributed by atoms with Crippen molar-refractivity contribution < 1.29 is 0 Å². The Bertz CT molecular complexity index is 141. The van der Waals surface area contributed by atoms with E-state index >= 15 is 0 Å². The molecule has 8 heavy (non-hydrogen) atoms. The van der Waals surface area contributed by atoms with Crippen molar-refractivity contribution in [2.75, 3.05) is 6.54 Å². The largest absolute Gasteiger partial charge is 0.377 e. The number of allylic oxidation sites excluding steroid dienone is 2. The Balaban J connectivity index is 2.53. The summed E-state index contributed by atoms with van der Waals surface area (Å²) in [5.74, 6) is 0. The molecule has 1 aliphatic rings. The Kier molecular flexibility index (Phi) is 1.53. The second kappa shape index (κ2) is 2.37. The quantitative estimate of drug-likeness (QED) is 0.497. The van der Waals surface area contributed by atoms with Gasteiger partial charge in [-0.05, 0) is 12.8 Å². The fourth-order valence-electron chi connectivity index (χ4n) is 0.729. The molecule has 0 amide bonds. The summed E-state index contributed by atoms with van der Waals surface area (Å²) in [5.41, 5.74) is 0.733. The SMILES string of the molecule is N#CC1=CCCCN1. The topological polar surface area (TPSA) is 35.8 Å². The van der Waals surface area contributed by atoms with Crippen LogP contribution in [0.3, 0.4) is 0 Å². The van der Waals surface area contributed by atoms with Gasteiger partial charge in [-0.2, -0.15) is 5.26 Å². The Hall–Kier alpha value is -0.970. The molecule has 1 rings (SSSR count). The van der Waals surface area contributed by atoms with E-state index in [4.69, 9.17) is 5.26 Å². The van der Waals surface area contributed by atoms with Crippen LogP contribution in [0.4, 0.5) is 0 Å². The maximum absolute atomic E-state index is 8.31. The van der Waals surface area contributed by atoms with Crippen LogP contribution in [-0.4, -0.2) is 6.54 Å². The highest BCUT2D eigenvalue weighted by Crippen LogP contribution is 2.00. The maximum atomic E-state index is 8.31. The summed E-state index contributed by atoms with van der Waals surface area (Å²) in [7, 11) is 0. The molecule has 0 unspecified atom stereocenters. The van der Waals surface area contributed by atoms with Crippen molar-refractivity contribution in [2.24, 2.45) is 0 Å². The van der Waals surface area contributed by atoms with Crippen LogP contribution in [0.25, 0.3) is 0 Å². The normalized spacial score (nSPS) is 18.1. The lowest BCUT2D eigenvalue weighted by Gasteiger charge is -2.07. The van der Waals surface area contributed by atoms with Crippen molar-refractivity contribution >= 4 is 0 Å². The first-order valence-electron chi connectivity index (χ1n) is 2.77. The summed E-state index contributed by atoms with van der Waals surface area (Å²) in [6.45, 7) is 0.958. The monoisotopic (exact) mass is 108 g/mol. The first-order valence-corrected chi connectivity index (χ1v) is 2.77. The van der Waals surface area contributed by atoms with Crippen molar-refractivity contribution in [1.29, 1.82) is 5.26 Å². The van der Waals surface area contributed by atoms with Crippen LogP contribution in [0.2, 0.25) is 0 Å². The van der Waals surface area contributed by atoms with Gasteiger partial charge in [0.2, 0.25) is 0 Å². The molecule has 1 aliphatic heterocycles. The van der Waals surface area contributed by atoms with Crippen LogP contribution in [0.1, 0.15) is 12.8 Å². The Morgan fingerprint density at radius 3 is 3.00 bits per heavy atom. The number of hydrogen-bond acceptors (Lipinski definition) is 2. The van der Waals surface area contributed by atoms with Gasteiger partial charge in [0.25, 0.3) is 0 Å². The molecule has 0 saturated heterocycles. The fourth-order valence-corrected chi connectivity index (χ4v) is 0.729. The van der Waals surface area contributed by atoms with E-state index in [0.29, 0.717) is 0 Å². The predicted octanol–water partition coefficient (Wildman–Crippen LogP) is 0.777. The zero-order chi connectivity index (χ0) is 5.82. The third-order valence-corrected chi connectivity index (χ3v) is 1.17. The van der Waals surface area contributed by atoms with Gasteiger partial charge in [-0.3, -0.25) is 0 Å². The first kappa shape index (κ1) is 5.17. The van der Waals surface area contributed by atoms with Crippen LogP contribution in [0, 0.1) is 11.3 Å². The lowest BCUT2D eigenvalue weighted by atomic mass is 10.2. The van der Waals surface area contributed by atoms with Gasteiger partial charge < -0.3 is 5.32 Å². The molecule has 0 bridgehead atoms. The summed E-state index contributed by atoms with van der Waals surface area (Å²) in [4.78, 5) is 0. The van der Waals surface area contributed by atoms with Crippen molar-refractivity contribution in [2.45, 2.75) is 12.8 Å². The molecule has 0 saturated carbocycles. The van der Waals surface area contributed by atoms with E-state index in [1.54, 1.807) is 0 Å². The average Bonchev–Trinajstić information content (AvgIpc) is 1.90. The fraction of sp³-hybridized carbons (Fsp3) is 0.500. The van der Waals surface area contributed by atoms with Crippen molar-refractivity contribution in [3.8, 4) is 6.07 Å². The van der Waals surface area contributed by atoms with Gasteiger partial charge in [0.1, 0.15) is 11.8 Å². The van der Waals surface area contributed by atoms with Gasteiger partial charge in [-0.1, -0.05) is 6.08 Å². The minimum absolute atomic E-state index is 0.733. The van der Waals surface area contributed by atoms with E-state index in [1.807, 2.05) is 6.08 Å². The van der Waals surface area contributed by atoms with Gasteiger partial charge in [-0.25, -0.2) is 0 Å². The third-order valence-electron chi connectivity index (χ3n) is 1.17. The molecule has 0 spiro atoms. The highest BCUT2D eigenvalue weighted by atomic mass is 14.9. The van der Waals surface area contributed by atoms with Crippen molar-refractivity contribution in [1.82, 2.24) is 5.32 Å². The summed E-state index contributed by atoms with van der Waals surface area (Å²) in [5, 5.41) is 11.3. The first-order chi connectivity index (χ1) is 3.93. The molecule has 0 atom stereocenters. The predicted molar refractivity (Wildman–Crippen MR) is 30.9 cm³/mol. The van der Waals surface area contributed by atoms with E-state index < -0.39 is 0 Å². The highest BCUT2D eigenvalue weighted by Gasteiger charge is 1.97. The molecule has 0 aliphatic carbocycles. The van der Waals surface area contributed by atoms with Crippen molar-refractivity contribution in [3.05, 3.63) is 11.8 Å². The Labute approximate surface area is 48.8 Å². The third kappa shape index (κ3) is 1.00. The second-order valence-electron chi connectivity index (χ2n) is 1.80. The molecule has 1 heterocycles. The summed E-state index contributed by atoms with van der Waals surface area (Å²) in [6.07, 6.45) is 4.14. The van der Waals surface area contributed by atoms with E-state index in [-0.39, 0.29) is 0 Å². The number of rotatable bonds is 0. The molecule has 2 nitrogen and oxygen atoms in total. The van der Waals surface area contributed by atoms with E-state index in [1.165, 1.54) is 0 Å². The lowest BCUT2D eigenvalue weighted by Crippen LogP contribution is -2.16. The highest BCUT2D eigenvalue weighted by molar-refractivity contribution is 5.19. The maximum Gasteiger partial charge on any atom is 0.117 e. The molecule has 1 N–H and O–H groups in total. The Morgan fingerprint density at radius 1 is 1.75 bits per heavy atom. The molecular formula is C6H8N2. The molecule has 0 fully saturated rings. The zero-order valence-corrected chi connectivity index (χ0v) is 4.65. The van der Waals surface area contributed by atoms with E-state index in [9.17, 15) is 0 Å². The molecule has 0 aromatic rings. The van der Waals surface area contributed by atoms with Crippen LogP contribution >= 0.6 is 0 Å². The smallest absolute Gasteiger partial charge is 0.117 e. The minimum Gasteiger partial charge on any atom is -0.377 e. The standard InChI is InChI=1S/C6H8N2/c7-5-6-3-1-2-4-8-6/h3,8H,1-2,4H2. The van der Waals surface area contributed by atoms with E-state index in [2.05, 4.69) is 11.4 Å². The Morgan fingerprint density at radius 2 is 2.62 bits per heavy atom. The molecule has 2 heteroatoms. The van der Waals surface area contributed by atoms with Gasteiger partial charge in [0.05, 0.1) is 0 Å². The summed E-state index contributed by atoms with van der Waals surface area (Å²) < 4.78 is 0.